The van der Waals surface area contributed by atoms with Crippen molar-refractivity contribution in [2.45, 2.75) is 64.3 Å². The highest BCUT2D eigenvalue weighted by molar-refractivity contribution is 5.79. The van der Waals surface area contributed by atoms with Gasteiger partial charge < -0.3 is 15.4 Å². The Morgan fingerprint density at radius 1 is 1.27 bits per heavy atom. The number of halogens is 3. The number of hydrogen-bond donors (Lipinski definition) is 2. The van der Waals surface area contributed by atoms with Crippen LogP contribution in [-0.4, -0.2) is 36.3 Å². The van der Waals surface area contributed by atoms with Gasteiger partial charge in [0.1, 0.15) is 6.10 Å². The highest BCUT2D eigenvalue weighted by atomic mass is 19.4. The van der Waals surface area contributed by atoms with E-state index in [0.29, 0.717) is 24.9 Å². The molecule has 0 spiro atoms. The van der Waals surface area contributed by atoms with Crippen LogP contribution in [0.4, 0.5) is 13.2 Å². The molecule has 1 aromatic heterocycles. The molecule has 1 fully saturated rings. The maximum atomic E-state index is 12.3. The number of ether oxygens (including phenoxy) is 1. The molecule has 5 nitrogen and oxygen atoms in total. The van der Waals surface area contributed by atoms with E-state index in [1.54, 1.807) is 6.20 Å². The molecule has 0 saturated heterocycles. The van der Waals surface area contributed by atoms with E-state index in [4.69, 9.17) is 4.74 Å². The third-order valence-corrected chi connectivity index (χ3v) is 4.10. The Hall–Kier alpha value is -1.99. The third kappa shape index (κ3) is 7.93. The molecule has 8 heteroatoms. The van der Waals surface area contributed by atoms with Gasteiger partial charge in [-0.05, 0) is 44.2 Å². The summed E-state index contributed by atoms with van der Waals surface area (Å²) in [5, 5.41) is 5.64. The summed E-state index contributed by atoms with van der Waals surface area (Å²) in [4.78, 5) is 8.58. The predicted octanol–water partition coefficient (Wildman–Crippen LogP) is 3.80. The van der Waals surface area contributed by atoms with E-state index in [9.17, 15) is 13.2 Å². The van der Waals surface area contributed by atoms with Gasteiger partial charge in [0.2, 0.25) is 5.88 Å². The predicted molar refractivity (Wildman–Crippen MR) is 95.2 cm³/mol. The number of aliphatic imine (C=N–C) groups is 1. The molecule has 2 N–H and O–H groups in total. The normalized spacial score (nSPS) is 16.4. The van der Waals surface area contributed by atoms with Crippen LogP contribution in [0.1, 0.15) is 51.0 Å². The second kappa shape index (κ2) is 10.2. The molecular formula is C18H27F3N4O. The highest BCUT2D eigenvalue weighted by Gasteiger charge is 2.26. The first-order chi connectivity index (χ1) is 12.5. The number of aromatic nitrogens is 1. The van der Waals surface area contributed by atoms with E-state index >= 15 is 0 Å². The van der Waals surface area contributed by atoms with Gasteiger partial charge in [-0.1, -0.05) is 6.42 Å². The summed E-state index contributed by atoms with van der Waals surface area (Å²) in [5.74, 6) is 0.947. The summed E-state index contributed by atoms with van der Waals surface area (Å²) < 4.78 is 42.7. The molecule has 1 aliphatic rings. The Morgan fingerprint density at radius 3 is 2.73 bits per heavy atom. The molecule has 0 bridgehead atoms. The minimum absolute atomic E-state index is 0.207. The van der Waals surface area contributed by atoms with Gasteiger partial charge in [-0.3, -0.25) is 0 Å². The first kappa shape index (κ1) is 20.3. The Bertz CT molecular complexity index is 572. The van der Waals surface area contributed by atoms with Gasteiger partial charge in [0.05, 0.1) is 13.0 Å². The molecule has 0 aromatic carbocycles. The summed E-state index contributed by atoms with van der Waals surface area (Å²) >= 11 is 0. The van der Waals surface area contributed by atoms with Gasteiger partial charge in [-0.25, -0.2) is 9.98 Å². The molecule has 0 radical (unpaired) electrons. The number of guanidine groups is 1. The molecule has 1 aromatic rings. The average molecular weight is 372 g/mol. The lowest BCUT2D eigenvalue weighted by Gasteiger charge is -2.22. The maximum absolute atomic E-state index is 12.3. The van der Waals surface area contributed by atoms with Crippen molar-refractivity contribution in [3.05, 3.63) is 23.9 Å². The quantitative estimate of drug-likeness (QED) is 0.565. The van der Waals surface area contributed by atoms with E-state index in [0.717, 1.165) is 18.4 Å². The second-order valence-electron chi connectivity index (χ2n) is 6.37. The lowest BCUT2D eigenvalue weighted by atomic mass is 9.98. The van der Waals surface area contributed by atoms with Crippen molar-refractivity contribution in [3.63, 3.8) is 0 Å². The van der Waals surface area contributed by atoms with Crippen molar-refractivity contribution in [3.8, 4) is 5.88 Å². The summed E-state index contributed by atoms with van der Waals surface area (Å²) in [6.07, 6.45) is 2.55. The number of pyridine rings is 1. The van der Waals surface area contributed by atoms with Gasteiger partial charge in [-0.2, -0.15) is 13.2 Å². The zero-order chi connectivity index (χ0) is 18.8. The Morgan fingerprint density at radius 2 is 2.04 bits per heavy atom. The molecule has 0 unspecified atom stereocenters. The average Bonchev–Trinajstić information content (AvgIpc) is 2.60. The van der Waals surface area contributed by atoms with Crippen molar-refractivity contribution in [1.82, 2.24) is 15.6 Å². The molecular weight excluding hydrogens is 345 g/mol. The fourth-order valence-corrected chi connectivity index (χ4v) is 2.80. The van der Waals surface area contributed by atoms with E-state index in [2.05, 4.69) is 20.6 Å². The number of hydrogen-bond acceptors (Lipinski definition) is 3. The smallest absolute Gasteiger partial charge is 0.390 e. The van der Waals surface area contributed by atoms with Crippen molar-refractivity contribution >= 4 is 5.96 Å². The summed E-state index contributed by atoms with van der Waals surface area (Å²) in [5.41, 5.74) is 0.902. The van der Waals surface area contributed by atoms with Gasteiger partial charge in [-0.15, -0.1) is 0 Å². The van der Waals surface area contributed by atoms with Crippen LogP contribution in [0.5, 0.6) is 5.88 Å². The summed E-state index contributed by atoms with van der Waals surface area (Å²) in [6, 6.07) is 3.67. The van der Waals surface area contributed by atoms with Crippen LogP contribution in [0, 0.1) is 0 Å². The zero-order valence-electron chi connectivity index (χ0n) is 15.1. The second-order valence-corrected chi connectivity index (χ2v) is 6.37. The monoisotopic (exact) mass is 372 g/mol. The van der Waals surface area contributed by atoms with Gasteiger partial charge >= 0.3 is 6.18 Å². The number of nitrogens with zero attached hydrogens (tertiary/aromatic N) is 2. The van der Waals surface area contributed by atoms with Crippen LogP contribution in [0.3, 0.4) is 0 Å². The van der Waals surface area contributed by atoms with Crippen LogP contribution in [0.15, 0.2) is 23.3 Å². The summed E-state index contributed by atoms with van der Waals surface area (Å²) in [7, 11) is 0. The Balaban J connectivity index is 1.89. The molecule has 146 valence electrons. The van der Waals surface area contributed by atoms with Crippen molar-refractivity contribution in [2.75, 3.05) is 13.1 Å². The minimum Gasteiger partial charge on any atom is -0.474 e. The van der Waals surface area contributed by atoms with Gasteiger partial charge in [0.25, 0.3) is 0 Å². The van der Waals surface area contributed by atoms with E-state index in [1.165, 1.54) is 19.3 Å². The Kier molecular flexibility index (Phi) is 8.00. The Labute approximate surface area is 152 Å². The van der Waals surface area contributed by atoms with Crippen LogP contribution in [-0.2, 0) is 6.54 Å². The van der Waals surface area contributed by atoms with Crippen LogP contribution in [0.25, 0.3) is 0 Å². The van der Waals surface area contributed by atoms with Crippen molar-refractivity contribution < 1.29 is 17.9 Å². The maximum Gasteiger partial charge on any atom is 0.390 e. The summed E-state index contributed by atoms with van der Waals surface area (Å²) in [6.45, 7) is 2.57. The first-order valence-corrected chi connectivity index (χ1v) is 9.17. The highest BCUT2D eigenvalue weighted by Crippen LogP contribution is 2.22. The molecule has 1 saturated carbocycles. The number of alkyl halides is 3. The van der Waals surface area contributed by atoms with Crippen LogP contribution >= 0.6 is 0 Å². The fourth-order valence-electron chi connectivity index (χ4n) is 2.80. The number of nitrogens with one attached hydrogen (secondary N) is 2. The van der Waals surface area contributed by atoms with E-state index < -0.39 is 12.6 Å². The van der Waals surface area contributed by atoms with Crippen molar-refractivity contribution in [2.24, 2.45) is 4.99 Å². The molecule has 0 amide bonds. The van der Waals surface area contributed by atoms with Gasteiger partial charge in [0, 0.05) is 25.4 Å². The lowest BCUT2D eigenvalue weighted by molar-refractivity contribution is -0.132. The van der Waals surface area contributed by atoms with Gasteiger partial charge in [0.15, 0.2) is 5.96 Å². The standard InChI is InChI=1S/C18H27F3N4O/c1-2-22-17(24-11-9-18(19,20)21)25-13-14-8-10-23-16(12-14)26-15-6-4-3-5-7-15/h8,10,12,15H,2-7,9,11,13H2,1H3,(H2,22,24,25). The molecule has 2 rings (SSSR count). The van der Waals surface area contributed by atoms with Crippen LogP contribution < -0.4 is 15.4 Å². The fraction of sp³-hybridized carbons (Fsp3) is 0.667. The SMILES string of the molecule is CCNC(=NCc1ccnc(OC2CCCCC2)c1)NCCC(F)(F)F. The molecule has 26 heavy (non-hydrogen) atoms. The minimum atomic E-state index is -4.18. The van der Waals surface area contributed by atoms with Crippen molar-refractivity contribution in [1.29, 1.82) is 0 Å². The molecule has 0 aliphatic heterocycles. The van der Waals surface area contributed by atoms with E-state index in [1.807, 2.05) is 19.1 Å². The lowest BCUT2D eigenvalue weighted by Crippen LogP contribution is -2.38. The largest absolute Gasteiger partial charge is 0.474 e. The van der Waals surface area contributed by atoms with E-state index in [-0.39, 0.29) is 12.6 Å². The zero-order valence-corrected chi connectivity index (χ0v) is 15.1. The third-order valence-electron chi connectivity index (χ3n) is 4.10. The number of rotatable bonds is 7. The first-order valence-electron chi connectivity index (χ1n) is 9.17. The molecule has 0 atom stereocenters. The topological polar surface area (TPSA) is 58.5 Å². The van der Waals surface area contributed by atoms with Crippen LogP contribution in [0.2, 0.25) is 0 Å². The molecule has 1 aliphatic carbocycles. The molecule has 1 heterocycles.